The van der Waals surface area contributed by atoms with Gasteiger partial charge in [-0.3, -0.25) is 20.2 Å². The minimum Gasteiger partial charge on any atom is -0.382 e. The van der Waals surface area contributed by atoms with E-state index in [-0.39, 0.29) is 5.84 Å². The summed E-state index contributed by atoms with van der Waals surface area (Å²) in [6.07, 6.45) is 4.53. The molecular formula is C14H21N5. The first kappa shape index (κ1) is 12.6. The summed E-state index contributed by atoms with van der Waals surface area (Å²) < 4.78 is 0. The van der Waals surface area contributed by atoms with Gasteiger partial charge in [-0.1, -0.05) is 0 Å². The monoisotopic (exact) mass is 259 g/mol. The minimum atomic E-state index is 0.0420. The molecule has 3 rings (SSSR count). The number of nitrogens with two attached hydrogens (primary N) is 1. The smallest absolute Gasteiger partial charge is 0.141 e. The molecule has 0 bridgehead atoms. The summed E-state index contributed by atoms with van der Waals surface area (Å²) in [5.41, 5.74) is 7.25. The molecule has 0 spiro atoms. The maximum Gasteiger partial charge on any atom is 0.141 e. The number of aromatic nitrogens is 1. The Kier molecular flexibility index (Phi) is 3.48. The predicted molar refractivity (Wildman–Crippen MR) is 75.1 cm³/mol. The van der Waals surface area contributed by atoms with Crippen LogP contribution in [0.15, 0.2) is 18.3 Å². The van der Waals surface area contributed by atoms with E-state index in [0.29, 0.717) is 5.69 Å². The molecule has 19 heavy (non-hydrogen) atoms. The van der Waals surface area contributed by atoms with Gasteiger partial charge in [-0.15, -0.1) is 0 Å². The van der Waals surface area contributed by atoms with Gasteiger partial charge in [0.25, 0.3) is 0 Å². The zero-order valence-corrected chi connectivity index (χ0v) is 11.2. The number of rotatable bonds is 4. The highest BCUT2D eigenvalue weighted by molar-refractivity contribution is 5.93. The molecule has 1 saturated carbocycles. The van der Waals surface area contributed by atoms with Crippen molar-refractivity contribution < 1.29 is 0 Å². The lowest BCUT2D eigenvalue weighted by molar-refractivity contribution is 0.121. The van der Waals surface area contributed by atoms with E-state index in [0.717, 1.165) is 25.7 Å². The molecule has 1 aromatic rings. The largest absolute Gasteiger partial charge is 0.382 e. The quantitative estimate of drug-likeness (QED) is 0.615. The van der Waals surface area contributed by atoms with Crippen molar-refractivity contribution in [2.75, 3.05) is 26.2 Å². The third-order valence-corrected chi connectivity index (χ3v) is 3.98. The molecule has 1 aliphatic carbocycles. The Morgan fingerprint density at radius 3 is 2.68 bits per heavy atom. The summed E-state index contributed by atoms with van der Waals surface area (Å²) in [7, 11) is 0. The van der Waals surface area contributed by atoms with E-state index >= 15 is 0 Å². The predicted octanol–water partition coefficient (Wildman–Crippen LogP) is 0.646. The van der Waals surface area contributed by atoms with Crippen molar-refractivity contribution in [1.82, 2.24) is 14.8 Å². The number of hydrogen-bond donors (Lipinski definition) is 2. The maximum absolute atomic E-state index is 7.43. The maximum atomic E-state index is 7.43. The number of hydrogen-bond acceptors (Lipinski definition) is 4. The average Bonchev–Trinajstić information content (AvgIpc) is 3.24. The zero-order chi connectivity index (χ0) is 13.2. The SMILES string of the molecule is N=C(N)c1cc(CN2CCN(C3CC3)CC2)ccn1. The molecule has 2 aliphatic rings. The van der Waals surface area contributed by atoms with Gasteiger partial charge in [0.2, 0.25) is 0 Å². The highest BCUT2D eigenvalue weighted by Crippen LogP contribution is 2.27. The first-order valence-corrected chi connectivity index (χ1v) is 6.98. The van der Waals surface area contributed by atoms with Crippen LogP contribution in [0.3, 0.4) is 0 Å². The van der Waals surface area contributed by atoms with E-state index in [1.165, 1.54) is 31.5 Å². The third-order valence-electron chi connectivity index (χ3n) is 3.98. The molecule has 2 heterocycles. The number of nitrogen functional groups attached to an aromatic ring is 1. The molecule has 1 aromatic heterocycles. The molecular weight excluding hydrogens is 238 g/mol. The van der Waals surface area contributed by atoms with E-state index in [9.17, 15) is 0 Å². The van der Waals surface area contributed by atoms with Crippen LogP contribution < -0.4 is 5.73 Å². The fourth-order valence-electron chi connectivity index (χ4n) is 2.70. The number of piperazine rings is 1. The molecule has 0 amide bonds. The molecule has 0 atom stereocenters. The van der Waals surface area contributed by atoms with E-state index in [1.807, 2.05) is 12.1 Å². The van der Waals surface area contributed by atoms with Gasteiger partial charge in [0.05, 0.1) is 0 Å². The van der Waals surface area contributed by atoms with Crippen molar-refractivity contribution in [2.24, 2.45) is 5.73 Å². The Morgan fingerprint density at radius 1 is 1.32 bits per heavy atom. The van der Waals surface area contributed by atoms with Crippen LogP contribution in [0.2, 0.25) is 0 Å². The lowest BCUT2D eigenvalue weighted by Crippen LogP contribution is -2.46. The van der Waals surface area contributed by atoms with Crippen molar-refractivity contribution >= 4 is 5.84 Å². The lowest BCUT2D eigenvalue weighted by atomic mass is 10.2. The van der Waals surface area contributed by atoms with E-state index in [2.05, 4.69) is 14.8 Å². The summed E-state index contributed by atoms with van der Waals surface area (Å²) in [6, 6.07) is 4.82. The molecule has 1 saturated heterocycles. The first-order valence-electron chi connectivity index (χ1n) is 6.98. The van der Waals surface area contributed by atoms with Gasteiger partial charge < -0.3 is 5.73 Å². The number of amidine groups is 1. The fourth-order valence-corrected chi connectivity index (χ4v) is 2.70. The molecule has 0 unspecified atom stereocenters. The van der Waals surface area contributed by atoms with Gasteiger partial charge in [-0.05, 0) is 30.5 Å². The van der Waals surface area contributed by atoms with Crippen LogP contribution in [0, 0.1) is 5.41 Å². The Hall–Kier alpha value is -1.46. The molecule has 5 heteroatoms. The Morgan fingerprint density at radius 2 is 2.05 bits per heavy atom. The second kappa shape index (κ2) is 5.27. The standard InChI is InChI=1S/C14H21N5/c15-14(16)13-9-11(3-4-17-13)10-18-5-7-19(8-6-18)12-1-2-12/h3-4,9,12H,1-2,5-8,10H2,(H3,15,16). The summed E-state index contributed by atoms with van der Waals surface area (Å²) in [4.78, 5) is 9.18. The molecule has 5 nitrogen and oxygen atoms in total. The Balaban J connectivity index is 1.56. The lowest BCUT2D eigenvalue weighted by Gasteiger charge is -2.34. The van der Waals surface area contributed by atoms with Crippen LogP contribution in [0.5, 0.6) is 0 Å². The molecule has 0 aromatic carbocycles. The number of nitrogens with zero attached hydrogens (tertiary/aromatic N) is 3. The van der Waals surface area contributed by atoms with Crippen molar-refractivity contribution in [2.45, 2.75) is 25.4 Å². The normalized spacial score (nSPS) is 21.5. The van der Waals surface area contributed by atoms with Crippen LogP contribution in [0.4, 0.5) is 0 Å². The van der Waals surface area contributed by atoms with Crippen molar-refractivity contribution in [3.05, 3.63) is 29.6 Å². The highest BCUT2D eigenvalue weighted by Gasteiger charge is 2.30. The average molecular weight is 259 g/mol. The molecule has 0 radical (unpaired) electrons. The van der Waals surface area contributed by atoms with Crippen LogP contribution >= 0.6 is 0 Å². The molecule has 3 N–H and O–H groups in total. The number of pyridine rings is 1. The van der Waals surface area contributed by atoms with Crippen LogP contribution in [0.1, 0.15) is 24.1 Å². The third kappa shape index (κ3) is 3.11. The van der Waals surface area contributed by atoms with Crippen molar-refractivity contribution in [3.63, 3.8) is 0 Å². The topological polar surface area (TPSA) is 69.2 Å². The van der Waals surface area contributed by atoms with Crippen molar-refractivity contribution in [3.8, 4) is 0 Å². The first-order chi connectivity index (χ1) is 9.22. The molecule has 2 fully saturated rings. The van der Waals surface area contributed by atoms with Gasteiger partial charge in [0.15, 0.2) is 0 Å². The second-order valence-corrected chi connectivity index (χ2v) is 5.51. The van der Waals surface area contributed by atoms with Gasteiger partial charge in [0.1, 0.15) is 11.5 Å². The molecule has 1 aliphatic heterocycles. The van der Waals surface area contributed by atoms with Gasteiger partial charge in [-0.2, -0.15) is 0 Å². The van der Waals surface area contributed by atoms with E-state index < -0.39 is 0 Å². The van der Waals surface area contributed by atoms with E-state index in [4.69, 9.17) is 11.1 Å². The summed E-state index contributed by atoms with van der Waals surface area (Å²) in [5, 5.41) is 7.43. The van der Waals surface area contributed by atoms with Gasteiger partial charge in [-0.25, -0.2) is 0 Å². The van der Waals surface area contributed by atoms with Crippen molar-refractivity contribution in [1.29, 1.82) is 5.41 Å². The highest BCUT2D eigenvalue weighted by atomic mass is 15.3. The summed E-state index contributed by atoms with van der Waals surface area (Å²) in [6.45, 7) is 5.58. The zero-order valence-electron chi connectivity index (χ0n) is 11.2. The second-order valence-electron chi connectivity index (χ2n) is 5.51. The molecule has 102 valence electrons. The summed E-state index contributed by atoms with van der Waals surface area (Å²) in [5.74, 6) is 0.0420. The summed E-state index contributed by atoms with van der Waals surface area (Å²) >= 11 is 0. The Labute approximate surface area is 113 Å². The van der Waals surface area contributed by atoms with Crippen LogP contribution in [0.25, 0.3) is 0 Å². The fraction of sp³-hybridized carbons (Fsp3) is 0.571. The van der Waals surface area contributed by atoms with Crippen LogP contribution in [-0.4, -0.2) is 52.8 Å². The van der Waals surface area contributed by atoms with Crippen LogP contribution in [-0.2, 0) is 6.54 Å². The minimum absolute atomic E-state index is 0.0420. The van der Waals surface area contributed by atoms with Gasteiger partial charge >= 0.3 is 0 Å². The van der Waals surface area contributed by atoms with Gasteiger partial charge in [0, 0.05) is 45.0 Å². The number of nitrogens with one attached hydrogen (secondary N) is 1. The Bertz CT molecular complexity index is 461. The van der Waals surface area contributed by atoms with E-state index in [1.54, 1.807) is 6.20 Å².